The van der Waals surface area contributed by atoms with Gasteiger partial charge in [0.05, 0.1) is 12.2 Å². The van der Waals surface area contributed by atoms with E-state index in [2.05, 4.69) is 5.32 Å². The number of amides is 1. The van der Waals surface area contributed by atoms with Crippen LogP contribution in [0.15, 0.2) is 48.5 Å². The number of hydrogen-bond donors (Lipinski definition) is 1. The molecule has 108 valence electrons. The first kappa shape index (κ1) is 14.6. The number of anilines is 1. The van der Waals surface area contributed by atoms with Crippen LogP contribution in [-0.4, -0.2) is 19.0 Å². The number of rotatable bonds is 6. The minimum Gasteiger partial charge on any atom is -0.490 e. The second-order valence-corrected chi connectivity index (χ2v) is 4.11. The van der Waals surface area contributed by atoms with Crippen LogP contribution in [0.2, 0.25) is 0 Å². The fourth-order valence-corrected chi connectivity index (χ4v) is 1.75. The van der Waals surface area contributed by atoms with Gasteiger partial charge < -0.3 is 14.8 Å². The minimum absolute atomic E-state index is 0.308. The number of hydrogen-bond acceptors (Lipinski definition) is 4. The van der Waals surface area contributed by atoms with Crippen LogP contribution >= 0.6 is 0 Å². The van der Waals surface area contributed by atoms with Gasteiger partial charge in [-0.2, -0.15) is 0 Å². The van der Waals surface area contributed by atoms with Crippen molar-refractivity contribution < 1.29 is 19.1 Å². The first-order chi connectivity index (χ1) is 10.2. The zero-order valence-electron chi connectivity index (χ0n) is 11.5. The number of carbonyl (C=O) groups excluding carboxylic acids is 2. The van der Waals surface area contributed by atoms with Crippen LogP contribution in [0.3, 0.4) is 0 Å². The normalized spacial score (nSPS) is 9.76. The maximum Gasteiger partial charge on any atom is 0.343 e. The van der Waals surface area contributed by atoms with Gasteiger partial charge in [-0.15, -0.1) is 0 Å². The van der Waals surface area contributed by atoms with E-state index in [-0.39, 0.29) is 0 Å². The molecule has 0 fully saturated rings. The molecule has 0 atom stereocenters. The fraction of sp³-hybridized carbons (Fsp3) is 0.125. The largest absolute Gasteiger partial charge is 0.490 e. The Hall–Kier alpha value is -2.82. The third kappa shape index (κ3) is 3.82. The van der Waals surface area contributed by atoms with Gasteiger partial charge in [0.15, 0.2) is 11.5 Å². The summed E-state index contributed by atoms with van der Waals surface area (Å²) in [5.74, 6) is 0.239. The van der Waals surface area contributed by atoms with Crippen LogP contribution in [-0.2, 0) is 4.79 Å². The molecule has 2 aromatic carbocycles. The summed E-state index contributed by atoms with van der Waals surface area (Å²) in [5, 5.41) is 2.52. The van der Waals surface area contributed by atoms with Crippen LogP contribution in [0, 0.1) is 0 Å². The Bertz CT molecular complexity index is 625. The van der Waals surface area contributed by atoms with Crippen LogP contribution in [0.4, 0.5) is 5.69 Å². The van der Waals surface area contributed by atoms with E-state index in [4.69, 9.17) is 9.47 Å². The van der Waals surface area contributed by atoms with Gasteiger partial charge in [-0.1, -0.05) is 18.2 Å². The molecular formula is C16H15NO4. The van der Waals surface area contributed by atoms with Gasteiger partial charge in [-0.25, -0.2) is 4.79 Å². The van der Waals surface area contributed by atoms with Crippen molar-refractivity contribution in [3.8, 4) is 11.5 Å². The summed E-state index contributed by atoms with van der Waals surface area (Å²) < 4.78 is 10.8. The maximum atomic E-state index is 12.0. The van der Waals surface area contributed by atoms with Crippen molar-refractivity contribution in [1.29, 1.82) is 0 Å². The summed E-state index contributed by atoms with van der Waals surface area (Å²) in [6, 6.07) is 13.5. The van der Waals surface area contributed by atoms with Gasteiger partial charge in [-0.05, 0) is 31.2 Å². The van der Waals surface area contributed by atoms with Crippen molar-refractivity contribution in [1.82, 2.24) is 0 Å². The topological polar surface area (TPSA) is 64.6 Å². The van der Waals surface area contributed by atoms with Gasteiger partial charge in [0.2, 0.25) is 6.41 Å². The van der Waals surface area contributed by atoms with E-state index in [9.17, 15) is 9.59 Å². The first-order valence-electron chi connectivity index (χ1n) is 6.49. The molecular weight excluding hydrogens is 270 g/mol. The molecule has 1 amide bonds. The molecule has 1 N–H and O–H groups in total. The van der Waals surface area contributed by atoms with Crippen molar-refractivity contribution in [3.05, 3.63) is 54.1 Å². The molecule has 0 radical (unpaired) electrons. The Morgan fingerprint density at radius 3 is 2.57 bits per heavy atom. The Balaban J connectivity index is 2.22. The molecule has 0 spiro atoms. The number of esters is 1. The fourth-order valence-electron chi connectivity index (χ4n) is 1.75. The highest BCUT2D eigenvalue weighted by Crippen LogP contribution is 2.31. The van der Waals surface area contributed by atoms with Gasteiger partial charge in [0.25, 0.3) is 0 Å². The molecule has 5 nitrogen and oxygen atoms in total. The predicted octanol–water partition coefficient (Wildman–Crippen LogP) is 2.87. The quantitative estimate of drug-likeness (QED) is 0.503. The molecule has 0 aliphatic heterocycles. The molecule has 0 aliphatic rings. The van der Waals surface area contributed by atoms with E-state index in [1.54, 1.807) is 42.5 Å². The minimum atomic E-state index is -0.465. The average molecular weight is 285 g/mol. The Kier molecular flexibility index (Phi) is 4.93. The Morgan fingerprint density at radius 1 is 1.14 bits per heavy atom. The molecule has 5 heteroatoms. The molecule has 0 aliphatic carbocycles. The summed E-state index contributed by atoms with van der Waals surface area (Å²) in [6.45, 7) is 2.24. The number of ether oxygens (including phenoxy) is 2. The summed E-state index contributed by atoms with van der Waals surface area (Å²) in [6.07, 6.45) is 0.570. The van der Waals surface area contributed by atoms with E-state index in [0.29, 0.717) is 35.8 Å². The smallest absolute Gasteiger partial charge is 0.343 e. The Labute approximate surface area is 122 Å². The SMILES string of the molecule is CCOc1cc(NC=O)ccc1OC(=O)c1ccccc1. The summed E-state index contributed by atoms with van der Waals surface area (Å²) in [7, 11) is 0. The molecule has 0 aromatic heterocycles. The van der Waals surface area contributed by atoms with E-state index in [1.165, 1.54) is 0 Å². The van der Waals surface area contributed by atoms with Gasteiger partial charge in [-0.3, -0.25) is 4.79 Å². The monoisotopic (exact) mass is 285 g/mol. The van der Waals surface area contributed by atoms with Crippen molar-refractivity contribution in [2.24, 2.45) is 0 Å². The highest BCUT2D eigenvalue weighted by atomic mass is 16.6. The van der Waals surface area contributed by atoms with Crippen LogP contribution in [0.25, 0.3) is 0 Å². The molecule has 21 heavy (non-hydrogen) atoms. The predicted molar refractivity (Wildman–Crippen MR) is 78.7 cm³/mol. The van der Waals surface area contributed by atoms with E-state index >= 15 is 0 Å². The molecule has 0 unspecified atom stereocenters. The van der Waals surface area contributed by atoms with Crippen LogP contribution in [0.1, 0.15) is 17.3 Å². The standard InChI is InChI=1S/C16H15NO4/c1-2-20-15-10-13(17-11-18)8-9-14(15)21-16(19)12-6-4-3-5-7-12/h3-11H,2H2,1H3,(H,17,18). The highest BCUT2D eigenvalue weighted by molar-refractivity contribution is 5.91. The average Bonchev–Trinajstić information content (AvgIpc) is 2.51. The molecule has 2 rings (SSSR count). The van der Waals surface area contributed by atoms with Crippen LogP contribution < -0.4 is 14.8 Å². The lowest BCUT2D eigenvalue weighted by atomic mass is 10.2. The lowest BCUT2D eigenvalue weighted by Crippen LogP contribution is -2.09. The van der Waals surface area contributed by atoms with Crippen molar-refractivity contribution in [2.45, 2.75) is 6.92 Å². The van der Waals surface area contributed by atoms with Crippen molar-refractivity contribution in [3.63, 3.8) is 0 Å². The summed E-state index contributed by atoms with van der Waals surface area (Å²) >= 11 is 0. The van der Waals surface area contributed by atoms with E-state index in [0.717, 1.165) is 0 Å². The van der Waals surface area contributed by atoms with E-state index in [1.807, 2.05) is 13.0 Å². The highest BCUT2D eigenvalue weighted by Gasteiger charge is 2.12. The second kappa shape index (κ2) is 7.09. The number of carbonyl (C=O) groups is 2. The molecule has 0 bridgehead atoms. The third-order valence-corrected chi connectivity index (χ3v) is 2.68. The Morgan fingerprint density at radius 2 is 1.90 bits per heavy atom. The number of benzene rings is 2. The second-order valence-electron chi connectivity index (χ2n) is 4.11. The molecule has 0 saturated heterocycles. The maximum absolute atomic E-state index is 12.0. The van der Waals surface area contributed by atoms with Gasteiger partial charge in [0.1, 0.15) is 0 Å². The zero-order valence-corrected chi connectivity index (χ0v) is 11.5. The van der Waals surface area contributed by atoms with Gasteiger partial charge in [0, 0.05) is 11.8 Å². The van der Waals surface area contributed by atoms with Crippen molar-refractivity contribution >= 4 is 18.1 Å². The lowest BCUT2D eigenvalue weighted by molar-refractivity contribution is -0.105. The lowest BCUT2D eigenvalue weighted by Gasteiger charge is -2.12. The van der Waals surface area contributed by atoms with Crippen LogP contribution in [0.5, 0.6) is 11.5 Å². The summed E-state index contributed by atoms with van der Waals surface area (Å²) in [4.78, 5) is 22.5. The molecule has 0 heterocycles. The zero-order chi connectivity index (χ0) is 15.1. The number of nitrogens with one attached hydrogen (secondary N) is 1. The third-order valence-electron chi connectivity index (χ3n) is 2.68. The molecule has 0 saturated carbocycles. The van der Waals surface area contributed by atoms with Crippen molar-refractivity contribution in [2.75, 3.05) is 11.9 Å². The summed E-state index contributed by atoms with van der Waals surface area (Å²) in [5.41, 5.74) is 1.02. The van der Waals surface area contributed by atoms with Gasteiger partial charge >= 0.3 is 5.97 Å². The van der Waals surface area contributed by atoms with E-state index < -0.39 is 5.97 Å². The molecule has 2 aromatic rings. The first-order valence-corrected chi connectivity index (χ1v) is 6.49.